The van der Waals surface area contributed by atoms with E-state index in [2.05, 4.69) is 64.3 Å². The molecule has 0 aromatic heterocycles. The molecular weight excluding hydrogens is 264 g/mol. The first kappa shape index (κ1) is 12.1. The molecule has 2 unspecified atom stereocenters. The van der Waals surface area contributed by atoms with Crippen molar-refractivity contribution >= 4 is 15.9 Å². The Kier molecular flexibility index (Phi) is 4.00. The van der Waals surface area contributed by atoms with Gasteiger partial charge in [0.1, 0.15) is 0 Å². The fraction of sp³-hybridized carbons (Fsp3) is 0.538. The van der Waals surface area contributed by atoms with Gasteiger partial charge in [0.05, 0.1) is 0 Å². The van der Waals surface area contributed by atoms with Gasteiger partial charge in [0, 0.05) is 36.2 Å². The summed E-state index contributed by atoms with van der Waals surface area (Å²) < 4.78 is 1.15. The summed E-state index contributed by atoms with van der Waals surface area (Å²) in [5.74, 6) is 0. The zero-order valence-corrected chi connectivity index (χ0v) is 11.5. The van der Waals surface area contributed by atoms with Crippen LogP contribution < -0.4 is 5.32 Å². The molecule has 2 rings (SSSR count). The predicted molar refractivity (Wildman–Crippen MR) is 71.5 cm³/mol. The lowest BCUT2D eigenvalue weighted by molar-refractivity contribution is 0.166. The fourth-order valence-corrected chi connectivity index (χ4v) is 2.68. The minimum absolute atomic E-state index is 0.596. The number of nitrogens with zero attached hydrogens (tertiary/aromatic N) is 1. The van der Waals surface area contributed by atoms with Crippen molar-refractivity contribution in [2.45, 2.75) is 32.5 Å². The lowest BCUT2D eigenvalue weighted by Crippen LogP contribution is -2.53. The molecule has 16 heavy (non-hydrogen) atoms. The molecule has 0 saturated carbocycles. The van der Waals surface area contributed by atoms with Crippen LogP contribution in [-0.2, 0) is 6.54 Å². The van der Waals surface area contributed by atoms with Crippen LogP contribution in [0.15, 0.2) is 28.7 Å². The summed E-state index contributed by atoms with van der Waals surface area (Å²) in [5, 5.41) is 3.55. The van der Waals surface area contributed by atoms with Crippen LogP contribution in [0.4, 0.5) is 0 Å². The second-order valence-corrected chi connectivity index (χ2v) is 5.70. The maximum Gasteiger partial charge on any atom is 0.0235 e. The normalized spacial score (nSPS) is 26.9. The standard InChI is InChI=1S/C13H19BrN2/c1-10-7-16(8-11(2)15-10)9-12-3-5-13(14)6-4-12/h3-6,10-11,15H,7-9H2,1-2H3. The molecule has 88 valence electrons. The molecule has 0 bridgehead atoms. The van der Waals surface area contributed by atoms with E-state index in [0.717, 1.165) is 24.1 Å². The van der Waals surface area contributed by atoms with E-state index in [0.29, 0.717) is 12.1 Å². The Morgan fingerprint density at radius 3 is 2.31 bits per heavy atom. The van der Waals surface area contributed by atoms with Gasteiger partial charge < -0.3 is 5.32 Å². The second-order valence-electron chi connectivity index (χ2n) is 4.79. The summed E-state index contributed by atoms with van der Waals surface area (Å²) in [5.41, 5.74) is 1.39. The van der Waals surface area contributed by atoms with Gasteiger partial charge in [0.25, 0.3) is 0 Å². The van der Waals surface area contributed by atoms with Crippen molar-refractivity contribution in [1.82, 2.24) is 10.2 Å². The maximum atomic E-state index is 3.55. The number of rotatable bonds is 2. The topological polar surface area (TPSA) is 15.3 Å². The molecule has 2 atom stereocenters. The Morgan fingerprint density at radius 1 is 1.19 bits per heavy atom. The maximum absolute atomic E-state index is 3.55. The SMILES string of the molecule is CC1CN(Cc2ccc(Br)cc2)CC(C)N1. The minimum atomic E-state index is 0.596. The van der Waals surface area contributed by atoms with E-state index in [1.54, 1.807) is 0 Å². The van der Waals surface area contributed by atoms with Gasteiger partial charge in [-0.25, -0.2) is 0 Å². The third-order valence-corrected chi connectivity index (χ3v) is 3.48. The molecule has 0 radical (unpaired) electrons. The van der Waals surface area contributed by atoms with E-state index in [1.165, 1.54) is 5.56 Å². The second kappa shape index (κ2) is 5.30. The first-order valence-corrected chi connectivity index (χ1v) is 6.65. The van der Waals surface area contributed by atoms with Gasteiger partial charge in [-0.05, 0) is 31.5 Å². The number of nitrogens with one attached hydrogen (secondary N) is 1. The van der Waals surface area contributed by atoms with E-state index < -0.39 is 0 Å². The summed E-state index contributed by atoms with van der Waals surface area (Å²) in [6.07, 6.45) is 0. The van der Waals surface area contributed by atoms with Crippen molar-refractivity contribution in [3.05, 3.63) is 34.3 Å². The lowest BCUT2D eigenvalue weighted by atomic mass is 10.1. The van der Waals surface area contributed by atoms with Crippen molar-refractivity contribution in [3.8, 4) is 0 Å². The average molecular weight is 283 g/mol. The van der Waals surface area contributed by atoms with Gasteiger partial charge in [0.15, 0.2) is 0 Å². The first-order valence-electron chi connectivity index (χ1n) is 5.86. The molecule has 0 spiro atoms. The van der Waals surface area contributed by atoms with Crippen LogP contribution >= 0.6 is 15.9 Å². The predicted octanol–water partition coefficient (Wildman–Crippen LogP) is 2.63. The zero-order valence-electron chi connectivity index (χ0n) is 9.91. The van der Waals surface area contributed by atoms with Gasteiger partial charge in [-0.1, -0.05) is 28.1 Å². The van der Waals surface area contributed by atoms with Gasteiger partial charge >= 0.3 is 0 Å². The Morgan fingerprint density at radius 2 is 1.75 bits per heavy atom. The molecular formula is C13H19BrN2. The third-order valence-electron chi connectivity index (χ3n) is 2.95. The average Bonchev–Trinajstić information content (AvgIpc) is 2.20. The smallest absolute Gasteiger partial charge is 0.0235 e. The fourth-order valence-electron chi connectivity index (χ4n) is 2.42. The molecule has 2 nitrogen and oxygen atoms in total. The van der Waals surface area contributed by atoms with Gasteiger partial charge in [-0.15, -0.1) is 0 Å². The Hall–Kier alpha value is -0.380. The van der Waals surface area contributed by atoms with E-state index >= 15 is 0 Å². The molecule has 1 fully saturated rings. The van der Waals surface area contributed by atoms with Crippen LogP contribution in [0.25, 0.3) is 0 Å². The first-order chi connectivity index (χ1) is 7.63. The molecule has 1 aliphatic heterocycles. The molecule has 1 heterocycles. The molecule has 3 heteroatoms. The van der Waals surface area contributed by atoms with Crippen LogP contribution in [0.1, 0.15) is 19.4 Å². The molecule has 1 saturated heterocycles. The molecule has 1 aromatic carbocycles. The Bertz CT molecular complexity index is 326. The van der Waals surface area contributed by atoms with Crippen LogP contribution in [0, 0.1) is 0 Å². The van der Waals surface area contributed by atoms with Crippen molar-refractivity contribution in [2.24, 2.45) is 0 Å². The molecule has 1 aromatic rings. The molecule has 0 amide bonds. The van der Waals surface area contributed by atoms with Crippen LogP contribution in [0.5, 0.6) is 0 Å². The quantitative estimate of drug-likeness (QED) is 0.897. The Labute approximate surface area is 106 Å². The van der Waals surface area contributed by atoms with Gasteiger partial charge in [0.2, 0.25) is 0 Å². The van der Waals surface area contributed by atoms with Crippen molar-refractivity contribution in [2.75, 3.05) is 13.1 Å². The monoisotopic (exact) mass is 282 g/mol. The van der Waals surface area contributed by atoms with E-state index in [9.17, 15) is 0 Å². The highest BCUT2D eigenvalue weighted by atomic mass is 79.9. The van der Waals surface area contributed by atoms with Crippen LogP contribution in [0.2, 0.25) is 0 Å². The number of halogens is 1. The van der Waals surface area contributed by atoms with E-state index in [1.807, 2.05) is 0 Å². The minimum Gasteiger partial charge on any atom is -0.309 e. The Balaban J connectivity index is 1.96. The number of benzene rings is 1. The largest absolute Gasteiger partial charge is 0.309 e. The number of piperazine rings is 1. The highest BCUT2D eigenvalue weighted by Gasteiger charge is 2.20. The van der Waals surface area contributed by atoms with Gasteiger partial charge in [-0.2, -0.15) is 0 Å². The highest BCUT2D eigenvalue weighted by Crippen LogP contribution is 2.14. The van der Waals surface area contributed by atoms with E-state index in [4.69, 9.17) is 0 Å². The summed E-state index contributed by atoms with van der Waals surface area (Å²) >= 11 is 3.47. The zero-order chi connectivity index (χ0) is 11.5. The highest BCUT2D eigenvalue weighted by molar-refractivity contribution is 9.10. The summed E-state index contributed by atoms with van der Waals surface area (Å²) in [6, 6.07) is 9.82. The van der Waals surface area contributed by atoms with Gasteiger partial charge in [-0.3, -0.25) is 4.90 Å². The number of hydrogen-bond donors (Lipinski definition) is 1. The molecule has 1 N–H and O–H groups in total. The van der Waals surface area contributed by atoms with Crippen LogP contribution in [0.3, 0.4) is 0 Å². The summed E-state index contributed by atoms with van der Waals surface area (Å²) in [6.45, 7) is 7.85. The third kappa shape index (κ3) is 3.30. The van der Waals surface area contributed by atoms with Crippen molar-refractivity contribution in [1.29, 1.82) is 0 Å². The lowest BCUT2D eigenvalue weighted by Gasteiger charge is -2.36. The number of hydrogen-bond acceptors (Lipinski definition) is 2. The summed E-state index contributed by atoms with van der Waals surface area (Å²) in [7, 11) is 0. The van der Waals surface area contributed by atoms with Crippen LogP contribution in [-0.4, -0.2) is 30.1 Å². The molecule has 0 aliphatic carbocycles. The van der Waals surface area contributed by atoms with E-state index in [-0.39, 0.29) is 0 Å². The summed E-state index contributed by atoms with van der Waals surface area (Å²) in [4.78, 5) is 2.52. The van der Waals surface area contributed by atoms with Crippen molar-refractivity contribution in [3.63, 3.8) is 0 Å². The van der Waals surface area contributed by atoms with Crippen molar-refractivity contribution < 1.29 is 0 Å². The molecule has 1 aliphatic rings.